The summed E-state index contributed by atoms with van der Waals surface area (Å²) in [4.78, 5) is 4.71. The minimum atomic E-state index is -0.00358. The lowest BCUT2D eigenvalue weighted by molar-refractivity contribution is 0.0701. The number of allylic oxidation sites excluding steroid dienone is 1. The van der Waals surface area contributed by atoms with Gasteiger partial charge in [0.1, 0.15) is 5.60 Å². The Morgan fingerprint density at radius 2 is 2.20 bits per heavy atom. The summed E-state index contributed by atoms with van der Waals surface area (Å²) >= 11 is 0. The van der Waals surface area contributed by atoms with Gasteiger partial charge in [0, 0.05) is 0 Å². The second-order valence-corrected chi connectivity index (χ2v) is 6.20. The van der Waals surface area contributed by atoms with Crippen LogP contribution in [0.1, 0.15) is 70.2 Å². The van der Waals surface area contributed by atoms with Crippen LogP contribution in [0.4, 0.5) is 0 Å². The molecule has 0 saturated heterocycles. The average molecular weight is 274 g/mol. The molecule has 0 amide bonds. The minimum absolute atomic E-state index is 0.00358. The average Bonchev–Trinajstić information content (AvgIpc) is 2.98. The third-order valence-corrected chi connectivity index (χ3v) is 4.76. The van der Waals surface area contributed by atoms with Gasteiger partial charge in [-0.05, 0) is 38.2 Å². The van der Waals surface area contributed by atoms with Crippen molar-refractivity contribution in [2.75, 3.05) is 0 Å². The molecule has 20 heavy (non-hydrogen) atoms. The summed E-state index contributed by atoms with van der Waals surface area (Å²) in [5, 5.41) is 0. The van der Waals surface area contributed by atoms with Gasteiger partial charge in [-0.25, -0.2) is 0 Å². The molecule has 3 rings (SSSR count). The molecule has 1 atom stereocenters. The van der Waals surface area contributed by atoms with E-state index in [1.165, 1.54) is 37.1 Å². The van der Waals surface area contributed by atoms with Gasteiger partial charge in [0.15, 0.2) is 0 Å². The molecule has 110 valence electrons. The summed E-state index contributed by atoms with van der Waals surface area (Å²) in [6, 6.07) is 0.860. The molecule has 3 nitrogen and oxygen atoms in total. The maximum atomic E-state index is 6.29. The van der Waals surface area contributed by atoms with E-state index in [1.807, 2.05) is 0 Å². The fraction of sp³-hybridized carbons (Fsp3) is 0.706. The SMILES string of the molecule is CCCCCCC1(CC)Cn2c(nc3c2C=CCC3)O1. The molecule has 3 heteroatoms. The topological polar surface area (TPSA) is 27.1 Å². The van der Waals surface area contributed by atoms with Gasteiger partial charge in [-0.1, -0.05) is 39.2 Å². The van der Waals surface area contributed by atoms with Crippen LogP contribution < -0.4 is 4.74 Å². The normalized spacial score (nSPS) is 23.5. The number of hydrogen-bond acceptors (Lipinski definition) is 2. The lowest BCUT2D eigenvalue weighted by Gasteiger charge is -2.26. The zero-order chi connectivity index (χ0) is 14.0. The standard InChI is InChI=1S/C17H26N2O/c1-3-5-6-9-12-17(4-2)13-19-15-11-8-7-10-14(15)18-16(19)20-17/h8,11H,3-7,9-10,12-13H2,1-2H3. The number of aryl methyl sites for hydroxylation is 1. The third kappa shape index (κ3) is 2.38. The van der Waals surface area contributed by atoms with Crippen molar-refractivity contribution in [1.82, 2.24) is 9.55 Å². The summed E-state index contributed by atoms with van der Waals surface area (Å²) in [6.07, 6.45) is 14.1. The molecule has 0 N–H and O–H groups in total. The molecule has 0 fully saturated rings. The van der Waals surface area contributed by atoms with Gasteiger partial charge >= 0.3 is 0 Å². The van der Waals surface area contributed by atoms with Crippen LogP contribution in [0.3, 0.4) is 0 Å². The first-order chi connectivity index (χ1) is 9.78. The van der Waals surface area contributed by atoms with Crippen LogP contribution in [0.2, 0.25) is 0 Å². The zero-order valence-corrected chi connectivity index (χ0v) is 12.8. The molecule has 1 unspecified atom stereocenters. The molecule has 1 aromatic rings. The highest BCUT2D eigenvalue weighted by Gasteiger charge is 2.40. The molecule has 0 aromatic carbocycles. The summed E-state index contributed by atoms with van der Waals surface area (Å²) in [5.74, 6) is 0. The number of imidazole rings is 1. The Labute approximate surface area is 122 Å². The van der Waals surface area contributed by atoms with Gasteiger partial charge in [-0.15, -0.1) is 0 Å². The summed E-state index contributed by atoms with van der Waals surface area (Å²) < 4.78 is 8.59. The Morgan fingerprint density at radius 3 is 3.00 bits per heavy atom. The van der Waals surface area contributed by atoms with Crippen LogP contribution in [0.15, 0.2) is 6.08 Å². The number of ether oxygens (including phenoxy) is 1. The van der Waals surface area contributed by atoms with Crippen LogP contribution in [-0.2, 0) is 13.0 Å². The first kappa shape index (κ1) is 13.7. The lowest BCUT2D eigenvalue weighted by atomic mass is 9.93. The Hall–Kier alpha value is -1.25. The van der Waals surface area contributed by atoms with E-state index < -0.39 is 0 Å². The molecule has 1 aromatic heterocycles. The molecule has 0 radical (unpaired) electrons. The van der Waals surface area contributed by atoms with E-state index in [0.717, 1.165) is 38.2 Å². The Balaban J connectivity index is 1.71. The number of rotatable bonds is 6. The summed E-state index contributed by atoms with van der Waals surface area (Å²) in [7, 11) is 0. The Morgan fingerprint density at radius 1 is 1.30 bits per heavy atom. The minimum Gasteiger partial charge on any atom is -0.456 e. The maximum absolute atomic E-state index is 6.29. The molecule has 0 saturated carbocycles. The number of unbranched alkanes of at least 4 members (excludes halogenated alkanes) is 3. The van der Waals surface area contributed by atoms with Crippen LogP contribution in [0, 0.1) is 0 Å². The van der Waals surface area contributed by atoms with E-state index in [0.29, 0.717) is 0 Å². The van der Waals surface area contributed by atoms with Gasteiger partial charge in [0.2, 0.25) is 0 Å². The monoisotopic (exact) mass is 274 g/mol. The second kappa shape index (κ2) is 5.63. The Bertz CT molecular complexity index is 503. The summed E-state index contributed by atoms with van der Waals surface area (Å²) in [5.41, 5.74) is 2.50. The van der Waals surface area contributed by atoms with Gasteiger partial charge in [0.05, 0.1) is 17.9 Å². The van der Waals surface area contributed by atoms with Crippen LogP contribution >= 0.6 is 0 Å². The zero-order valence-electron chi connectivity index (χ0n) is 12.8. The molecule has 1 aliphatic carbocycles. The maximum Gasteiger partial charge on any atom is 0.297 e. The summed E-state index contributed by atoms with van der Waals surface area (Å²) in [6.45, 7) is 5.49. The molecule has 0 spiro atoms. The largest absolute Gasteiger partial charge is 0.456 e. The highest BCUT2D eigenvalue weighted by Crippen LogP contribution is 2.38. The number of hydrogen-bond donors (Lipinski definition) is 0. The molecule has 2 heterocycles. The van der Waals surface area contributed by atoms with Gasteiger partial charge < -0.3 is 4.74 Å². The highest BCUT2D eigenvalue weighted by atomic mass is 16.5. The van der Waals surface area contributed by atoms with Crippen molar-refractivity contribution < 1.29 is 4.74 Å². The van der Waals surface area contributed by atoms with Crippen molar-refractivity contribution >= 4 is 6.08 Å². The van der Waals surface area contributed by atoms with Crippen molar-refractivity contribution in [2.24, 2.45) is 0 Å². The van der Waals surface area contributed by atoms with Crippen molar-refractivity contribution in [1.29, 1.82) is 0 Å². The predicted octanol–water partition coefficient (Wildman–Crippen LogP) is 4.35. The van der Waals surface area contributed by atoms with E-state index in [-0.39, 0.29) is 5.60 Å². The van der Waals surface area contributed by atoms with Crippen molar-refractivity contribution in [2.45, 2.75) is 77.4 Å². The molecular formula is C17H26N2O. The van der Waals surface area contributed by atoms with Crippen molar-refractivity contribution in [3.63, 3.8) is 0 Å². The molecule has 0 bridgehead atoms. The van der Waals surface area contributed by atoms with Crippen molar-refractivity contribution in [3.8, 4) is 6.01 Å². The van der Waals surface area contributed by atoms with E-state index in [9.17, 15) is 0 Å². The van der Waals surface area contributed by atoms with Crippen molar-refractivity contribution in [3.05, 3.63) is 17.5 Å². The van der Waals surface area contributed by atoms with E-state index in [1.54, 1.807) is 0 Å². The number of nitrogens with zero attached hydrogens (tertiary/aromatic N) is 2. The van der Waals surface area contributed by atoms with Gasteiger partial charge in [0.25, 0.3) is 6.01 Å². The highest BCUT2D eigenvalue weighted by molar-refractivity contribution is 5.53. The number of fused-ring (bicyclic) bond motifs is 3. The molecule has 2 aliphatic rings. The fourth-order valence-corrected chi connectivity index (χ4v) is 3.39. The first-order valence-electron chi connectivity index (χ1n) is 8.23. The smallest absolute Gasteiger partial charge is 0.297 e. The first-order valence-corrected chi connectivity index (χ1v) is 8.23. The predicted molar refractivity (Wildman–Crippen MR) is 82.0 cm³/mol. The Kier molecular flexibility index (Phi) is 3.86. The van der Waals surface area contributed by atoms with Crippen LogP contribution in [-0.4, -0.2) is 15.2 Å². The van der Waals surface area contributed by atoms with E-state index in [4.69, 9.17) is 9.72 Å². The molecule has 1 aliphatic heterocycles. The van der Waals surface area contributed by atoms with Gasteiger partial charge in [-0.3, -0.25) is 4.57 Å². The van der Waals surface area contributed by atoms with E-state index >= 15 is 0 Å². The lowest BCUT2D eigenvalue weighted by Crippen LogP contribution is -2.34. The quantitative estimate of drug-likeness (QED) is 0.721. The third-order valence-electron chi connectivity index (χ3n) is 4.76. The fourth-order valence-electron chi connectivity index (χ4n) is 3.39. The van der Waals surface area contributed by atoms with Gasteiger partial charge in [-0.2, -0.15) is 4.98 Å². The van der Waals surface area contributed by atoms with Crippen LogP contribution in [0.5, 0.6) is 6.01 Å². The van der Waals surface area contributed by atoms with E-state index in [2.05, 4.69) is 30.6 Å². The second-order valence-electron chi connectivity index (χ2n) is 6.20. The number of aromatic nitrogens is 2. The molecular weight excluding hydrogens is 248 g/mol. The van der Waals surface area contributed by atoms with Crippen LogP contribution in [0.25, 0.3) is 6.08 Å².